The molecule has 1 aromatic heterocycles. The summed E-state index contributed by atoms with van der Waals surface area (Å²) in [7, 11) is 0. The molecule has 3 heterocycles. The topological polar surface area (TPSA) is 54.6 Å². The van der Waals surface area contributed by atoms with Crippen LogP contribution in [0.4, 0.5) is 0 Å². The smallest absolute Gasteiger partial charge is 0.270 e. The third-order valence-corrected chi connectivity index (χ3v) is 5.78. The number of H-pyrrole nitrogens is 1. The maximum absolute atomic E-state index is 13.3. The van der Waals surface area contributed by atoms with Crippen LogP contribution < -0.4 is 9.47 Å². The van der Waals surface area contributed by atoms with Gasteiger partial charge in [-0.15, -0.1) is 0 Å². The normalized spacial score (nSPS) is 18.6. The first kappa shape index (κ1) is 17.2. The highest BCUT2D eigenvalue weighted by Crippen LogP contribution is 2.38. The van der Waals surface area contributed by atoms with Gasteiger partial charge in [0.05, 0.1) is 6.04 Å². The van der Waals surface area contributed by atoms with E-state index in [1.807, 2.05) is 23.1 Å². The van der Waals surface area contributed by atoms with Crippen LogP contribution in [0, 0.1) is 13.8 Å². The Hall–Kier alpha value is -2.95. The van der Waals surface area contributed by atoms with Gasteiger partial charge in [0.15, 0.2) is 11.5 Å². The summed E-state index contributed by atoms with van der Waals surface area (Å²) in [4.78, 5) is 18.6. The van der Waals surface area contributed by atoms with Crippen molar-refractivity contribution in [1.29, 1.82) is 0 Å². The molecule has 1 unspecified atom stereocenters. The lowest BCUT2D eigenvalue weighted by Crippen LogP contribution is -2.30. The van der Waals surface area contributed by atoms with Gasteiger partial charge in [-0.3, -0.25) is 4.79 Å². The zero-order chi connectivity index (χ0) is 19.3. The van der Waals surface area contributed by atoms with Crippen molar-refractivity contribution in [2.75, 3.05) is 19.8 Å². The van der Waals surface area contributed by atoms with E-state index in [0.29, 0.717) is 18.9 Å². The summed E-state index contributed by atoms with van der Waals surface area (Å²) in [6.45, 7) is 6.08. The van der Waals surface area contributed by atoms with Crippen LogP contribution in [-0.2, 0) is 0 Å². The fourth-order valence-corrected chi connectivity index (χ4v) is 4.49. The molecule has 2 aromatic carbocycles. The molecule has 5 rings (SSSR count). The summed E-state index contributed by atoms with van der Waals surface area (Å²) >= 11 is 0. The zero-order valence-corrected chi connectivity index (χ0v) is 16.2. The van der Waals surface area contributed by atoms with Gasteiger partial charge in [0.25, 0.3) is 5.91 Å². The third kappa shape index (κ3) is 2.82. The minimum Gasteiger partial charge on any atom is -0.486 e. The number of carbonyl (C=O) groups is 1. The number of aromatic nitrogens is 1. The van der Waals surface area contributed by atoms with Gasteiger partial charge >= 0.3 is 0 Å². The van der Waals surface area contributed by atoms with Crippen LogP contribution >= 0.6 is 0 Å². The van der Waals surface area contributed by atoms with E-state index in [1.54, 1.807) is 0 Å². The molecule has 1 amide bonds. The lowest BCUT2D eigenvalue weighted by atomic mass is 10.0. The minimum absolute atomic E-state index is 0.0608. The van der Waals surface area contributed by atoms with Gasteiger partial charge in [0.1, 0.15) is 18.9 Å². The van der Waals surface area contributed by atoms with Crippen LogP contribution in [0.3, 0.4) is 0 Å². The molecule has 5 heteroatoms. The number of nitrogens with one attached hydrogen (secondary N) is 1. The predicted molar refractivity (Wildman–Crippen MR) is 108 cm³/mol. The van der Waals surface area contributed by atoms with Crippen LogP contribution in [0.2, 0.25) is 0 Å². The number of benzene rings is 2. The second-order valence-corrected chi connectivity index (χ2v) is 7.79. The lowest BCUT2D eigenvalue weighted by molar-refractivity contribution is 0.0730. The molecule has 0 spiro atoms. The van der Waals surface area contributed by atoms with Crippen molar-refractivity contribution >= 4 is 16.8 Å². The van der Waals surface area contributed by atoms with E-state index in [1.165, 1.54) is 11.1 Å². The molecule has 2 aliphatic rings. The summed E-state index contributed by atoms with van der Waals surface area (Å²) in [5.74, 6) is 1.62. The highest BCUT2D eigenvalue weighted by atomic mass is 16.6. The number of likely N-dealkylation sites (tertiary alicyclic amines) is 1. The Morgan fingerprint density at radius 1 is 1.07 bits per heavy atom. The Balaban J connectivity index is 1.47. The van der Waals surface area contributed by atoms with Gasteiger partial charge in [0.2, 0.25) is 0 Å². The van der Waals surface area contributed by atoms with Crippen LogP contribution in [0.5, 0.6) is 11.5 Å². The van der Waals surface area contributed by atoms with Gasteiger partial charge in [-0.1, -0.05) is 12.1 Å². The molecule has 1 fully saturated rings. The van der Waals surface area contributed by atoms with Crippen molar-refractivity contribution in [3.8, 4) is 11.5 Å². The van der Waals surface area contributed by atoms with Gasteiger partial charge in [-0.2, -0.15) is 0 Å². The SMILES string of the molecule is Cc1cc(C)c2cc(C(=O)N3CCCC3c3ccc4c(c3)OCCO4)[nH]c2c1. The standard InChI is InChI=1S/C23H24N2O3/c1-14-10-15(2)17-13-19(24-18(17)11-14)23(26)25-7-3-4-20(25)16-5-6-21-22(12-16)28-9-8-27-21/h5-6,10-13,20,24H,3-4,7-9H2,1-2H3. The maximum Gasteiger partial charge on any atom is 0.270 e. The second kappa shape index (κ2) is 6.59. The molecule has 144 valence electrons. The Labute approximate surface area is 164 Å². The Morgan fingerprint density at radius 2 is 1.89 bits per heavy atom. The van der Waals surface area contributed by atoms with Crippen molar-refractivity contribution in [2.24, 2.45) is 0 Å². The van der Waals surface area contributed by atoms with Gasteiger partial charge in [0, 0.05) is 17.4 Å². The maximum atomic E-state index is 13.3. The molecule has 28 heavy (non-hydrogen) atoms. The molecule has 0 radical (unpaired) electrons. The van der Waals surface area contributed by atoms with Crippen LogP contribution in [0.15, 0.2) is 36.4 Å². The third-order valence-electron chi connectivity index (χ3n) is 5.78. The Morgan fingerprint density at radius 3 is 2.75 bits per heavy atom. The average Bonchev–Trinajstić information content (AvgIpc) is 3.34. The number of nitrogens with zero attached hydrogens (tertiary/aromatic N) is 1. The average molecular weight is 376 g/mol. The highest BCUT2D eigenvalue weighted by molar-refractivity contribution is 5.99. The molecule has 5 nitrogen and oxygen atoms in total. The highest BCUT2D eigenvalue weighted by Gasteiger charge is 2.32. The van der Waals surface area contributed by atoms with E-state index in [9.17, 15) is 4.79 Å². The number of carbonyl (C=O) groups excluding carboxylic acids is 1. The van der Waals surface area contributed by atoms with Crippen molar-refractivity contribution in [1.82, 2.24) is 9.88 Å². The molecule has 3 aromatic rings. The van der Waals surface area contributed by atoms with Crippen molar-refractivity contribution in [3.63, 3.8) is 0 Å². The number of aromatic amines is 1. The quantitative estimate of drug-likeness (QED) is 0.715. The van der Waals surface area contributed by atoms with Gasteiger partial charge in [-0.05, 0) is 67.6 Å². The number of hydrogen-bond acceptors (Lipinski definition) is 3. The Kier molecular flexibility index (Phi) is 4.04. The fraction of sp³-hybridized carbons (Fsp3) is 0.348. The number of amides is 1. The van der Waals surface area contributed by atoms with E-state index in [-0.39, 0.29) is 11.9 Å². The molecule has 0 aliphatic carbocycles. The number of aryl methyl sites for hydroxylation is 2. The number of ether oxygens (including phenoxy) is 2. The molecule has 1 saturated heterocycles. The van der Waals surface area contributed by atoms with E-state index in [4.69, 9.17) is 9.47 Å². The van der Waals surface area contributed by atoms with Crippen LogP contribution in [0.1, 0.15) is 46.1 Å². The molecule has 2 aliphatic heterocycles. The fourth-order valence-electron chi connectivity index (χ4n) is 4.49. The second-order valence-electron chi connectivity index (χ2n) is 7.79. The summed E-state index contributed by atoms with van der Waals surface area (Å²) in [5.41, 5.74) is 5.18. The van der Waals surface area contributed by atoms with Crippen LogP contribution in [0.25, 0.3) is 10.9 Å². The first-order chi connectivity index (χ1) is 13.6. The monoisotopic (exact) mass is 376 g/mol. The summed E-state index contributed by atoms with van der Waals surface area (Å²) in [6.07, 6.45) is 1.97. The molecule has 1 atom stereocenters. The van der Waals surface area contributed by atoms with Crippen LogP contribution in [-0.4, -0.2) is 35.5 Å². The van der Waals surface area contributed by atoms with E-state index >= 15 is 0 Å². The zero-order valence-electron chi connectivity index (χ0n) is 16.2. The van der Waals surface area contributed by atoms with Crippen molar-refractivity contribution in [2.45, 2.75) is 32.7 Å². The first-order valence-electron chi connectivity index (χ1n) is 9.90. The first-order valence-corrected chi connectivity index (χ1v) is 9.90. The minimum atomic E-state index is 0.0608. The molecular formula is C23H24N2O3. The Bertz CT molecular complexity index is 1070. The van der Waals surface area contributed by atoms with E-state index in [0.717, 1.165) is 47.4 Å². The van der Waals surface area contributed by atoms with Gasteiger partial charge < -0.3 is 19.4 Å². The number of rotatable bonds is 2. The largest absolute Gasteiger partial charge is 0.486 e. The summed E-state index contributed by atoms with van der Waals surface area (Å²) in [6, 6.07) is 12.4. The van der Waals surface area contributed by atoms with Crippen molar-refractivity contribution in [3.05, 3.63) is 58.8 Å². The lowest BCUT2D eigenvalue weighted by Gasteiger charge is -2.26. The van der Waals surface area contributed by atoms with E-state index < -0.39 is 0 Å². The molecular weight excluding hydrogens is 352 g/mol. The van der Waals surface area contributed by atoms with Gasteiger partial charge in [-0.25, -0.2) is 0 Å². The predicted octanol–water partition coefficient (Wildman–Crippen LogP) is 4.53. The molecule has 1 N–H and O–H groups in total. The summed E-state index contributed by atoms with van der Waals surface area (Å²) in [5, 5.41) is 1.11. The molecule has 0 saturated carbocycles. The molecule has 0 bridgehead atoms. The number of hydrogen-bond donors (Lipinski definition) is 1. The number of fused-ring (bicyclic) bond motifs is 2. The summed E-state index contributed by atoms with van der Waals surface area (Å²) < 4.78 is 11.4. The van der Waals surface area contributed by atoms with Crippen molar-refractivity contribution < 1.29 is 14.3 Å². The van der Waals surface area contributed by atoms with E-state index in [2.05, 4.69) is 37.0 Å².